The van der Waals surface area contributed by atoms with Crippen LogP contribution in [0.2, 0.25) is 0 Å². The second-order valence-corrected chi connectivity index (χ2v) is 8.75. The van der Waals surface area contributed by atoms with Crippen LogP contribution >= 0.6 is 23.5 Å². The second kappa shape index (κ2) is 11.3. The molecule has 0 saturated heterocycles. The SMILES string of the molecule is O=C(Nc1ccccn1)c1nc(Sc2ncn[nH]2)ccc1SC1=CCC(OCF)(OCF)C=C1. The fraction of sp³-hybridized carbons (Fsp3) is 0.190. The Bertz CT molecular complexity index is 1170. The molecular formula is C21H18F2N6O3S2. The van der Waals surface area contributed by atoms with E-state index in [4.69, 9.17) is 9.47 Å². The molecule has 9 nitrogen and oxygen atoms in total. The molecule has 3 aromatic rings. The zero-order valence-corrected chi connectivity index (χ0v) is 19.1. The summed E-state index contributed by atoms with van der Waals surface area (Å²) < 4.78 is 35.3. The molecule has 1 aliphatic carbocycles. The first-order chi connectivity index (χ1) is 16.6. The van der Waals surface area contributed by atoms with Crippen molar-refractivity contribution >= 4 is 35.2 Å². The Morgan fingerprint density at radius 3 is 2.65 bits per heavy atom. The van der Waals surface area contributed by atoms with E-state index < -0.39 is 25.4 Å². The van der Waals surface area contributed by atoms with E-state index in [9.17, 15) is 13.6 Å². The van der Waals surface area contributed by atoms with Crippen LogP contribution < -0.4 is 5.32 Å². The van der Waals surface area contributed by atoms with Crippen LogP contribution in [0.25, 0.3) is 0 Å². The number of nitrogens with zero attached hydrogens (tertiary/aromatic N) is 4. The number of pyridine rings is 2. The molecule has 4 rings (SSSR count). The quantitative estimate of drug-likeness (QED) is 0.385. The van der Waals surface area contributed by atoms with Crippen LogP contribution in [0, 0.1) is 0 Å². The van der Waals surface area contributed by atoms with E-state index in [0.29, 0.717) is 20.9 Å². The van der Waals surface area contributed by atoms with Crippen molar-refractivity contribution in [2.45, 2.75) is 27.3 Å². The summed E-state index contributed by atoms with van der Waals surface area (Å²) in [5.41, 5.74) is 0.173. The minimum absolute atomic E-state index is 0.0992. The topological polar surface area (TPSA) is 115 Å². The van der Waals surface area contributed by atoms with Gasteiger partial charge in [0.1, 0.15) is 22.9 Å². The van der Waals surface area contributed by atoms with Gasteiger partial charge in [0.15, 0.2) is 24.7 Å². The molecule has 0 unspecified atom stereocenters. The van der Waals surface area contributed by atoms with Crippen molar-refractivity contribution in [3.05, 3.63) is 71.7 Å². The van der Waals surface area contributed by atoms with Gasteiger partial charge < -0.3 is 14.8 Å². The molecule has 3 heterocycles. The van der Waals surface area contributed by atoms with Crippen LogP contribution in [-0.4, -0.2) is 50.6 Å². The van der Waals surface area contributed by atoms with E-state index in [-0.39, 0.29) is 12.1 Å². The minimum Gasteiger partial charge on any atom is -0.315 e. The molecule has 0 radical (unpaired) electrons. The molecule has 2 N–H and O–H groups in total. The lowest BCUT2D eigenvalue weighted by molar-refractivity contribution is -0.235. The van der Waals surface area contributed by atoms with E-state index in [1.54, 1.807) is 48.7 Å². The molecular weight excluding hydrogens is 486 g/mol. The van der Waals surface area contributed by atoms with Crippen LogP contribution in [0.5, 0.6) is 0 Å². The first-order valence-electron chi connectivity index (χ1n) is 9.84. The number of halogens is 2. The minimum atomic E-state index is -1.50. The Labute approximate surface area is 201 Å². The maximum atomic E-state index is 13.1. The normalized spacial score (nSPS) is 14.6. The molecule has 176 valence electrons. The maximum Gasteiger partial charge on any atom is 0.276 e. The van der Waals surface area contributed by atoms with Crippen molar-refractivity contribution in [1.29, 1.82) is 0 Å². The highest BCUT2D eigenvalue weighted by Gasteiger charge is 2.31. The molecule has 34 heavy (non-hydrogen) atoms. The number of alkyl halides is 2. The number of amides is 1. The summed E-state index contributed by atoms with van der Waals surface area (Å²) in [5, 5.41) is 10.3. The van der Waals surface area contributed by atoms with Gasteiger partial charge in [-0.1, -0.05) is 23.9 Å². The first kappa shape index (κ1) is 24.0. The molecule has 0 fully saturated rings. The number of rotatable bonds is 10. The fourth-order valence-electron chi connectivity index (χ4n) is 2.92. The maximum absolute atomic E-state index is 13.1. The Balaban J connectivity index is 1.58. The van der Waals surface area contributed by atoms with Gasteiger partial charge in [0.2, 0.25) is 0 Å². The second-order valence-electron chi connectivity index (χ2n) is 6.62. The molecule has 0 spiro atoms. The summed E-state index contributed by atoms with van der Waals surface area (Å²) in [7, 11) is 0. The number of hydrogen-bond acceptors (Lipinski definition) is 9. The number of anilines is 1. The molecule has 0 bridgehead atoms. The number of carbonyl (C=O) groups excluding carboxylic acids is 1. The molecule has 1 aliphatic rings. The molecule has 0 aliphatic heterocycles. The Morgan fingerprint density at radius 2 is 2.00 bits per heavy atom. The molecule has 0 atom stereocenters. The smallest absolute Gasteiger partial charge is 0.276 e. The van der Waals surface area contributed by atoms with E-state index >= 15 is 0 Å². The van der Waals surface area contributed by atoms with Gasteiger partial charge in [0, 0.05) is 22.4 Å². The van der Waals surface area contributed by atoms with E-state index in [2.05, 4.69) is 30.5 Å². The summed E-state index contributed by atoms with van der Waals surface area (Å²) in [4.78, 5) is 27.1. The standard InChI is InChI=1S/C21H18F2N6O3S2/c22-11-31-21(32-12-23)8-6-14(7-9-21)33-15-4-5-17(34-20-25-13-26-29-20)28-18(15)19(30)27-16-3-1-2-10-24-16/h1-8,10,13H,9,11-12H2,(H,24,27,30)(H,25,26,29). The van der Waals surface area contributed by atoms with E-state index in [1.165, 1.54) is 35.9 Å². The predicted octanol–water partition coefficient (Wildman–Crippen LogP) is 4.52. The van der Waals surface area contributed by atoms with Gasteiger partial charge in [-0.25, -0.2) is 23.7 Å². The largest absolute Gasteiger partial charge is 0.315 e. The third-order valence-corrected chi connectivity index (χ3v) is 6.38. The third kappa shape index (κ3) is 6.05. The van der Waals surface area contributed by atoms with Crippen molar-refractivity contribution in [2.24, 2.45) is 0 Å². The summed E-state index contributed by atoms with van der Waals surface area (Å²) in [6, 6.07) is 8.68. The van der Waals surface area contributed by atoms with Crippen LogP contribution in [-0.2, 0) is 9.47 Å². The van der Waals surface area contributed by atoms with Crippen LogP contribution in [0.4, 0.5) is 14.6 Å². The number of aromatic amines is 1. The molecule has 0 saturated carbocycles. The summed E-state index contributed by atoms with van der Waals surface area (Å²) in [6.07, 6.45) is 7.83. The molecule has 1 amide bonds. The zero-order valence-electron chi connectivity index (χ0n) is 17.5. The number of nitrogens with one attached hydrogen (secondary N) is 2. The van der Waals surface area contributed by atoms with Gasteiger partial charge in [0.25, 0.3) is 5.91 Å². The third-order valence-electron chi connectivity index (χ3n) is 4.46. The monoisotopic (exact) mass is 504 g/mol. The number of ether oxygens (including phenoxy) is 2. The highest BCUT2D eigenvalue weighted by Crippen LogP contribution is 2.37. The average Bonchev–Trinajstić information content (AvgIpc) is 3.36. The average molecular weight is 505 g/mol. The fourth-order valence-corrected chi connectivity index (χ4v) is 4.51. The van der Waals surface area contributed by atoms with Crippen molar-refractivity contribution < 1.29 is 23.0 Å². The summed E-state index contributed by atoms with van der Waals surface area (Å²) >= 11 is 2.49. The van der Waals surface area contributed by atoms with Crippen molar-refractivity contribution in [3.8, 4) is 0 Å². The Kier molecular flexibility index (Phi) is 8.00. The Hall–Kier alpha value is -3.13. The van der Waals surface area contributed by atoms with Gasteiger partial charge >= 0.3 is 0 Å². The van der Waals surface area contributed by atoms with Gasteiger partial charge in [-0.2, -0.15) is 5.10 Å². The lowest BCUT2D eigenvalue weighted by Crippen LogP contribution is -2.34. The van der Waals surface area contributed by atoms with Crippen LogP contribution in [0.1, 0.15) is 16.9 Å². The van der Waals surface area contributed by atoms with Gasteiger partial charge in [-0.3, -0.25) is 9.89 Å². The lowest BCUT2D eigenvalue weighted by Gasteiger charge is -2.29. The molecule has 3 aromatic heterocycles. The van der Waals surface area contributed by atoms with Gasteiger partial charge in [-0.05, 0) is 48.2 Å². The summed E-state index contributed by atoms with van der Waals surface area (Å²) in [6.45, 7) is -2.24. The highest BCUT2D eigenvalue weighted by molar-refractivity contribution is 8.03. The van der Waals surface area contributed by atoms with Gasteiger partial charge in [-0.15, -0.1) is 0 Å². The van der Waals surface area contributed by atoms with E-state index in [1.807, 2.05) is 0 Å². The summed E-state index contributed by atoms with van der Waals surface area (Å²) in [5.74, 6) is -1.56. The van der Waals surface area contributed by atoms with Crippen molar-refractivity contribution in [1.82, 2.24) is 25.1 Å². The number of thioether (sulfide) groups is 1. The Morgan fingerprint density at radius 1 is 1.15 bits per heavy atom. The lowest BCUT2D eigenvalue weighted by atomic mass is 10.1. The van der Waals surface area contributed by atoms with E-state index in [0.717, 1.165) is 4.91 Å². The number of aromatic nitrogens is 5. The van der Waals surface area contributed by atoms with Crippen LogP contribution in [0.3, 0.4) is 0 Å². The molecule has 0 aromatic carbocycles. The number of carbonyl (C=O) groups is 1. The van der Waals surface area contributed by atoms with Crippen LogP contribution in [0.15, 0.2) is 81.1 Å². The number of allylic oxidation sites excluding steroid dienone is 1. The van der Waals surface area contributed by atoms with Crippen molar-refractivity contribution in [3.63, 3.8) is 0 Å². The first-order valence-corrected chi connectivity index (χ1v) is 11.5. The zero-order chi connectivity index (χ0) is 23.8. The number of H-pyrrole nitrogens is 1. The van der Waals surface area contributed by atoms with Crippen molar-refractivity contribution in [2.75, 3.05) is 19.0 Å². The van der Waals surface area contributed by atoms with Gasteiger partial charge in [0.05, 0.1) is 0 Å². The molecule has 13 heteroatoms. The highest BCUT2D eigenvalue weighted by atomic mass is 32.2. The number of hydrogen-bond donors (Lipinski definition) is 2. The predicted molar refractivity (Wildman–Crippen MR) is 121 cm³/mol.